The molecule has 0 atom stereocenters. The lowest BCUT2D eigenvalue weighted by atomic mass is 10.00. The zero-order valence-corrected chi connectivity index (χ0v) is 11.2. The van der Waals surface area contributed by atoms with Crippen LogP contribution in [0.3, 0.4) is 0 Å². The standard InChI is InChI=1S/C11H10Cl2N2O4/c12-8-1-7(2-9(10(8)13)15(18)19)11(17)14-3-6(4-14)5-16/h1-2,6,16H,3-5H2. The molecule has 102 valence electrons. The van der Waals surface area contributed by atoms with Crippen LogP contribution >= 0.6 is 23.2 Å². The van der Waals surface area contributed by atoms with Crippen molar-refractivity contribution in [2.75, 3.05) is 19.7 Å². The molecule has 1 aliphatic rings. The second-order valence-corrected chi connectivity index (χ2v) is 5.09. The molecule has 0 aliphatic carbocycles. The van der Waals surface area contributed by atoms with Gasteiger partial charge in [-0.15, -0.1) is 0 Å². The van der Waals surface area contributed by atoms with E-state index in [0.717, 1.165) is 6.07 Å². The summed E-state index contributed by atoms with van der Waals surface area (Å²) in [7, 11) is 0. The van der Waals surface area contributed by atoms with Gasteiger partial charge in [0.2, 0.25) is 0 Å². The molecular weight excluding hydrogens is 295 g/mol. The van der Waals surface area contributed by atoms with Crippen molar-refractivity contribution < 1.29 is 14.8 Å². The van der Waals surface area contributed by atoms with Crippen LogP contribution in [-0.4, -0.2) is 40.5 Å². The van der Waals surface area contributed by atoms with Gasteiger partial charge in [0.05, 0.1) is 9.95 Å². The fourth-order valence-corrected chi connectivity index (χ4v) is 2.26. The first kappa shape index (κ1) is 14.0. The van der Waals surface area contributed by atoms with Gasteiger partial charge in [0.25, 0.3) is 11.6 Å². The van der Waals surface area contributed by atoms with E-state index < -0.39 is 10.6 Å². The molecule has 8 heteroatoms. The number of carbonyl (C=O) groups excluding carboxylic acids is 1. The van der Waals surface area contributed by atoms with E-state index in [0.29, 0.717) is 13.1 Å². The van der Waals surface area contributed by atoms with Gasteiger partial charge in [-0.3, -0.25) is 14.9 Å². The third-order valence-electron chi connectivity index (χ3n) is 2.96. The summed E-state index contributed by atoms with van der Waals surface area (Å²) in [6.45, 7) is 0.887. The predicted octanol–water partition coefficient (Wildman–Crippen LogP) is 1.97. The van der Waals surface area contributed by atoms with Gasteiger partial charge in [0.15, 0.2) is 0 Å². The van der Waals surface area contributed by atoms with E-state index in [2.05, 4.69) is 0 Å². The minimum absolute atomic E-state index is 0.0191. The number of nitrogens with zero attached hydrogens (tertiary/aromatic N) is 2. The summed E-state index contributed by atoms with van der Waals surface area (Å²) in [5, 5.41) is 19.5. The van der Waals surface area contributed by atoms with E-state index in [1.807, 2.05) is 0 Å². The first-order valence-corrected chi connectivity index (χ1v) is 6.23. The molecule has 1 heterocycles. The van der Waals surface area contributed by atoms with Crippen molar-refractivity contribution in [2.24, 2.45) is 5.92 Å². The molecule has 0 radical (unpaired) electrons. The highest BCUT2D eigenvalue weighted by atomic mass is 35.5. The molecule has 1 saturated heterocycles. The molecule has 0 bridgehead atoms. The van der Waals surface area contributed by atoms with Gasteiger partial charge in [-0.05, 0) is 6.07 Å². The van der Waals surface area contributed by atoms with Gasteiger partial charge >= 0.3 is 0 Å². The Kier molecular flexibility index (Phi) is 3.93. The number of hydrogen-bond donors (Lipinski definition) is 1. The van der Waals surface area contributed by atoms with Gasteiger partial charge < -0.3 is 10.0 Å². The van der Waals surface area contributed by atoms with Gasteiger partial charge in [0, 0.05) is 37.2 Å². The summed E-state index contributed by atoms with van der Waals surface area (Å²) in [5.41, 5.74) is -0.269. The van der Waals surface area contributed by atoms with E-state index in [4.69, 9.17) is 28.3 Å². The molecule has 1 aromatic rings. The Hall–Kier alpha value is -1.37. The number of halogens is 2. The molecule has 0 aromatic heterocycles. The molecule has 6 nitrogen and oxygen atoms in total. The fraction of sp³-hybridized carbons (Fsp3) is 0.364. The Morgan fingerprint density at radius 2 is 2.11 bits per heavy atom. The summed E-state index contributed by atoms with van der Waals surface area (Å²) >= 11 is 11.5. The van der Waals surface area contributed by atoms with Crippen LogP contribution in [0.15, 0.2) is 12.1 Å². The number of likely N-dealkylation sites (tertiary alicyclic amines) is 1. The van der Waals surface area contributed by atoms with Crippen molar-refractivity contribution in [3.8, 4) is 0 Å². The van der Waals surface area contributed by atoms with Crippen molar-refractivity contribution >= 4 is 34.8 Å². The number of hydrogen-bond acceptors (Lipinski definition) is 4. The number of nitro benzene ring substituents is 1. The van der Waals surface area contributed by atoms with Crippen LogP contribution in [0.5, 0.6) is 0 Å². The smallest absolute Gasteiger partial charge is 0.290 e. The summed E-state index contributed by atoms with van der Waals surface area (Å²) in [6, 6.07) is 2.42. The number of benzene rings is 1. The van der Waals surface area contributed by atoms with E-state index in [-0.39, 0.29) is 34.0 Å². The SMILES string of the molecule is O=C(c1cc(Cl)c(Cl)c([N+](=O)[O-])c1)N1CC(CO)C1. The molecule has 19 heavy (non-hydrogen) atoms. The largest absolute Gasteiger partial charge is 0.396 e. The normalized spacial score (nSPS) is 15.2. The van der Waals surface area contributed by atoms with Crippen LogP contribution in [0.2, 0.25) is 10.0 Å². The van der Waals surface area contributed by atoms with Crippen molar-refractivity contribution in [2.45, 2.75) is 0 Å². The Balaban J connectivity index is 2.26. The van der Waals surface area contributed by atoms with Crippen LogP contribution in [0.4, 0.5) is 5.69 Å². The van der Waals surface area contributed by atoms with E-state index >= 15 is 0 Å². The van der Waals surface area contributed by atoms with Crippen LogP contribution in [0.25, 0.3) is 0 Å². The Morgan fingerprint density at radius 3 is 2.63 bits per heavy atom. The summed E-state index contributed by atoms with van der Waals surface area (Å²) in [4.78, 5) is 23.7. The predicted molar refractivity (Wildman–Crippen MR) is 69.6 cm³/mol. The summed E-state index contributed by atoms with van der Waals surface area (Å²) in [6.07, 6.45) is 0. The number of aliphatic hydroxyl groups is 1. The van der Waals surface area contributed by atoms with Crippen molar-refractivity contribution in [3.05, 3.63) is 37.9 Å². The molecule has 1 amide bonds. The zero-order chi connectivity index (χ0) is 14.2. The maximum Gasteiger partial charge on any atom is 0.290 e. The van der Waals surface area contributed by atoms with Gasteiger partial charge in [-0.2, -0.15) is 0 Å². The highest BCUT2D eigenvalue weighted by Gasteiger charge is 2.32. The molecule has 0 unspecified atom stereocenters. The lowest BCUT2D eigenvalue weighted by molar-refractivity contribution is -0.384. The molecule has 1 N–H and O–H groups in total. The highest BCUT2D eigenvalue weighted by Crippen LogP contribution is 2.34. The average Bonchev–Trinajstić information content (AvgIpc) is 2.30. The maximum absolute atomic E-state index is 12.0. The lowest BCUT2D eigenvalue weighted by Gasteiger charge is -2.38. The third kappa shape index (κ3) is 2.65. The Labute approximate surface area is 118 Å². The number of aliphatic hydroxyl groups excluding tert-OH is 1. The van der Waals surface area contributed by atoms with E-state index in [1.54, 1.807) is 0 Å². The number of carbonyl (C=O) groups is 1. The van der Waals surface area contributed by atoms with E-state index in [9.17, 15) is 14.9 Å². The number of nitro groups is 1. The van der Waals surface area contributed by atoms with Crippen LogP contribution in [0.1, 0.15) is 10.4 Å². The molecule has 1 aliphatic heterocycles. The second-order valence-electron chi connectivity index (χ2n) is 4.31. The van der Waals surface area contributed by atoms with Gasteiger partial charge in [-0.25, -0.2) is 0 Å². The molecular formula is C11H10Cl2N2O4. The maximum atomic E-state index is 12.0. The molecule has 1 fully saturated rings. The summed E-state index contributed by atoms with van der Waals surface area (Å²) in [5.74, 6) is -0.284. The molecule has 1 aromatic carbocycles. The molecule has 2 rings (SSSR count). The van der Waals surface area contributed by atoms with Crippen molar-refractivity contribution in [1.29, 1.82) is 0 Å². The fourth-order valence-electron chi connectivity index (χ4n) is 1.86. The van der Waals surface area contributed by atoms with Gasteiger partial charge in [-0.1, -0.05) is 23.2 Å². The average molecular weight is 305 g/mol. The topological polar surface area (TPSA) is 83.7 Å². The van der Waals surface area contributed by atoms with E-state index in [1.165, 1.54) is 11.0 Å². The molecule has 0 spiro atoms. The number of amides is 1. The first-order valence-electron chi connectivity index (χ1n) is 5.47. The Morgan fingerprint density at radius 1 is 1.47 bits per heavy atom. The highest BCUT2D eigenvalue weighted by molar-refractivity contribution is 6.43. The van der Waals surface area contributed by atoms with Crippen LogP contribution in [-0.2, 0) is 0 Å². The minimum atomic E-state index is -0.683. The third-order valence-corrected chi connectivity index (χ3v) is 3.75. The van der Waals surface area contributed by atoms with Gasteiger partial charge in [0.1, 0.15) is 5.02 Å². The second kappa shape index (κ2) is 5.32. The minimum Gasteiger partial charge on any atom is -0.396 e. The van der Waals surface area contributed by atoms with Crippen LogP contribution in [0, 0.1) is 16.0 Å². The monoisotopic (exact) mass is 304 g/mol. The number of rotatable bonds is 3. The van der Waals surface area contributed by atoms with Crippen LogP contribution < -0.4 is 0 Å². The van der Waals surface area contributed by atoms with Crippen molar-refractivity contribution in [1.82, 2.24) is 4.90 Å². The Bertz CT molecular complexity index is 544. The first-order chi connectivity index (χ1) is 8.93. The lowest BCUT2D eigenvalue weighted by Crippen LogP contribution is -2.51. The quantitative estimate of drug-likeness (QED) is 0.683. The van der Waals surface area contributed by atoms with Crippen molar-refractivity contribution in [3.63, 3.8) is 0 Å². The zero-order valence-electron chi connectivity index (χ0n) is 9.68. The molecule has 0 saturated carbocycles. The summed E-state index contributed by atoms with van der Waals surface area (Å²) < 4.78 is 0.